The lowest BCUT2D eigenvalue weighted by Crippen LogP contribution is -2.55. The molecule has 0 radical (unpaired) electrons. The van der Waals surface area contributed by atoms with Crippen LogP contribution in [0.5, 0.6) is 5.75 Å². The third-order valence-corrected chi connectivity index (χ3v) is 7.42. The van der Waals surface area contributed by atoms with Crippen molar-refractivity contribution in [3.05, 3.63) is 108 Å². The number of nitrogens with one attached hydrogen (secondary N) is 2. The Morgan fingerprint density at radius 3 is 2.07 bits per heavy atom. The van der Waals surface area contributed by atoms with Gasteiger partial charge in [-0.2, -0.15) is 0 Å². The van der Waals surface area contributed by atoms with Gasteiger partial charge in [-0.1, -0.05) is 73.7 Å². The number of fused-ring (bicyclic) bond motifs is 1. The topological polar surface area (TPSA) is 108 Å². The summed E-state index contributed by atoms with van der Waals surface area (Å²) in [5.41, 5.74) is 2.30. The molecule has 8 heteroatoms. The summed E-state index contributed by atoms with van der Waals surface area (Å²) in [5.74, 6) is -0.731. The quantitative estimate of drug-likeness (QED) is 0.177. The molecule has 0 aliphatic heterocycles. The summed E-state index contributed by atoms with van der Waals surface area (Å²) < 4.78 is 5.51. The molecule has 3 amide bonds. The van der Waals surface area contributed by atoms with Gasteiger partial charge in [0.05, 0.1) is 0 Å². The lowest BCUT2D eigenvalue weighted by molar-refractivity contribution is -0.142. The van der Waals surface area contributed by atoms with Crippen LogP contribution in [0.2, 0.25) is 0 Å². The summed E-state index contributed by atoms with van der Waals surface area (Å²) in [6.45, 7) is 11.0. The Morgan fingerprint density at radius 2 is 1.47 bits per heavy atom. The first-order valence-electron chi connectivity index (χ1n) is 15.3. The molecule has 0 saturated carbocycles. The molecule has 4 aromatic rings. The van der Waals surface area contributed by atoms with Gasteiger partial charge in [0.1, 0.15) is 23.4 Å². The van der Waals surface area contributed by atoms with Crippen LogP contribution in [-0.2, 0) is 27.2 Å². The second-order valence-electron chi connectivity index (χ2n) is 12.5. The third-order valence-electron chi connectivity index (χ3n) is 7.42. The van der Waals surface area contributed by atoms with E-state index in [4.69, 9.17) is 4.74 Å². The Hall–Kier alpha value is -4.85. The number of phenols is 1. The van der Waals surface area contributed by atoms with Gasteiger partial charge in [-0.15, -0.1) is 0 Å². The van der Waals surface area contributed by atoms with Crippen molar-refractivity contribution >= 4 is 34.4 Å². The van der Waals surface area contributed by atoms with Crippen molar-refractivity contribution in [2.24, 2.45) is 0 Å². The van der Waals surface area contributed by atoms with Gasteiger partial charge in [-0.25, -0.2) is 4.79 Å². The van der Waals surface area contributed by atoms with Crippen LogP contribution in [0.4, 0.5) is 10.5 Å². The molecule has 8 nitrogen and oxygen atoms in total. The first-order chi connectivity index (χ1) is 21.3. The van der Waals surface area contributed by atoms with Crippen LogP contribution in [0.3, 0.4) is 0 Å². The number of aromatic hydroxyl groups is 1. The zero-order valence-corrected chi connectivity index (χ0v) is 26.8. The minimum atomic E-state index is -1.06. The van der Waals surface area contributed by atoms with E-state index in [1.165, 1.54) is 17.0 Å². The highest BCUT2D eigenvalue weighted by Crippen LogP contribution is 2.29. The van der Waals surface area contributed by atoms with Crippen molar-refractivity contribution in [2.45, 2.75) is 78.1 Å². The number of rotatable bonds is 10. The van der Waals surface area contributed by atoms with Crippen LogP contribution in [0.25, 0.3) is 10.8 Å². The van der Waals surface area contributed by atoms with Gasteiger partial charge >= 0.3 is 6.09 Å². The normalized spacial score (nSPS) is 12.8. The largest absolute Gasteiger partial charge is 0.508 e. The van der Waals surface area contributed by atoms with Crippen molar-refractivity contribution in [3.8, 4) is 5.75 Å². The van der Waals surface area contributed by atoms with E-state index in [2.05, 4.69) is 17.6 Å². The van der Waals surface area contributed by atoms with Gasteiger partial charge < -0.3 is 25.4 Å². The SMILES string of the molecule is CCc1ccc(C(C(=O)Nc2ccc3ccccc3c2)N(C(=O)C(Cc2ccc(O)cc2)NC(=O)OC(C)(C)C)C(C)C)cc1. The molecule has 236 valence electrons. The lowest BCUT2D eigenvalue weighted by Gasteiger charge is -2.37. The van der Waals surface area contributed by atoms with Crippen molar-refractivity contribution < 1.29 is 24.2 Å². The van der Waals surface area contributed by atoms with Gasteiger partial charge in [0.25, 0.3) is 5.91 Å². The van der Waals surface area contributed by atoms with E-state index in [9.17, 15) is 19.5 Å². The van der Waals surface area contributed by atoms with E-state index in [0.717, 1.165) is 28.3 Å². The highest BCUT2D eigenvalue weighted by atomic mass is 16.6. The van der Waals surface area contributed by atoms with E-state index in [1.54, 1.807) is 32.9 Å². The van der Waals surface area contributed by atoms with Gasteiger partial charge in [-0.05, 0) is 92.8 Å². The number of hydrogen-bond donors (Lipinski definition) is 3. The minimum absolute atomic E-state index is 0.0893. The second-order valence-corrected chi connectivity index (χ2v) is 12.5. The molecule has 0 fully saturated rings. The lowest BCUT2D eigenvalue weighted by atomic mass is 9.97. The average Bonchev–Trinajstić information content (AvgIpc) is 2.99. The molecule has 0 aromatic heterocycles. The molecular weight excluding hydrogens is 566 g/mol. The Labute approximate surface area is 265 Å². The fourth-order valence-electron chi connectivity index (χ4n) is 5.23. The smallest absolute Gasteiger partial charge is 0.408 e. The summed E-state index contributed by atoms with van der Waals surface area (Å²) in [6.07, 6.45) is 0.207. The maximum absolute atomic E-state index is 14.6. The monoisotopic (exact) mass is 609 g/mol. The highest BCUT2D eigenvalue weighted by Gasteiger charge is 2.38. The number of hydrogen-bond acceptors (Lipinski definition) is 5. The van der Waals surface area contributed by atoms with Gasteiger partial charge in [0, 0.05) is 18.2 Å². The molecular formula is C37H43N3O5. The summed E-state index contributed by atoms with van der Waals surface area (Å²) in [5, 5.41) is 17.6. The Morgan fingerprint density at radius 1 is 0.844 bits per heavy atom. The number of amides is 3. The van der Waals surface area contributed by atoms with Gasteiger partial charge in [0.15, 0.2) is 0 Å². The van der Waals surface area contributed by atoms with Crippen LogP contribution in [0.1, 0.15) is 64.3 Å². The second kappa shape index (κ2) is 14.3. The molecule has 4 rings (SSSR count). The summed E-state index contributed by atoms with van der Waals surface area (Å²) >= 11 is 0. The first-order valence-corrected chi connectivity index (χ1v) is 15.3. The minimum Gasteiger partial charge on any atom is -0.508 e. The van der Waals surface area contributed by atoms with Crippen molar-refractivity contribution in [1.29, 1.82) is 0 Å². The number of benzene rings is 4. The van der Waals surface area contributed by atoms with Gasteiger partial charge in [0.2, 0.25) is 5.91 Å². The molecule has 0 heterocycles. The molecule has 0 aliphatic carbocycles. The zero-order valence-electron chi connectivity index (χ0n) is 26.8. The fraction of sp³-hybridized carbons (Fsp3) is 0.324. The van der Waals surface area contributed by atoms with Crippen LogP contribution in [-0.4, -0.2) is 45.6 Å². The molecule has 3 N–H and O–H groups in total. The average molecular weight is 610 g/mol. The molecule has 45 heavy (non-hydrogen) atoms. The maximum atomic E-state index is 14.6. The van der Waals surface area contributed by atoms with E-state index in [-0.39, 0.29) is 18.1 Å². The van der Waals surface area contributed by atoms with Crippen molar-refractivity contribution in [1.82, 2.24) is 10.2 Å². The number of anilines is 1. The number of nitrogens with zero attached hydrogens (tertiary/aromatic N) is 1. The van der Waals surface area contributed by atoms with E-state index in [1.807, 2.05) is 80.6 Å². The molecule has 0 saturated heterocycles. The number of carbonyl (C=O) groups is 3. The van der Waals surface area contributed by atoms with Crippen molar-refractivity contribution in [3.63, 3.8) is 0 Å². The standard InChI is InChI=1S/C37H43N3O5/c1-7-25-12-16-28(17-13-25)33(34(42)38-30-19-18-27-10-8-9-11-29(27)23-30)40(24(2)3)35(43)32(39-36(44)45-37(4,5)6)22-26-14-20-31(41)21-15-26/h8-21,23-24,32-33,41H,7,22H2,1-6H3,(H,38,42)(H,39,44). The number of alkyl carbamates (subject to hydrolysis) is 1. The summed E-state index contributed by atoms with van der Waals surface area (Å²) in [7, 11) is 0. The number of carbonyl (C=O) groups excluding carboxylic acids is 3. The summed E-state index contributed by atoms with van der Waals surface area (Å²) in [4.78, 5) is 43.3. The Kier molecular flexibility index (Phi) is 10.5. The number of ether oxygens (including phenoxy) is 1. The molecule has 0 bridgehead atoms. The van der Waals surface area contributed by atoms with Crippen LogP contribution in [0, 0.1) is 0 Å². The van der Waals surface area contributed by atoms with Crippen LogP contribution in [0.15, 0.2) is 91.0 Å². The number of phenolic OH excluding ortho intramolecular Hbond substituents is 1. The molecule has 0 spiro atoms. The molecule has 2 atom stereocenters. The molecule has 2 unspecified atom stereocenters. The van der Waals surface area contributed by atoms with E-state index in [0.29, 0.717) is 11.3 Å². The summed E-state index contributed by atoms with van der Waals surface area (Å²) in [6, 6.07) is 25.2. The van der Waals surface area contributed by atoms with Crippen molar-refractivity contribution in [2.75, 3.05) is 5.32 Å². The first kappa shape index (κ1) is 33.1. The predicted molar refractivity (Wildman–Crippen MR) is 178 cm³/mol. The fourth-order valence-corrected chi connectivity index (χ4v) is 5.23. The molecule has 0 aliphatic rings. The Bertz CT molecular complexity index is 1620. The molecule has 4 aromatic carbocycles. The predicted octanol–water partition coefficient (Wildman–Crippen LogP) is 7.16. The van der Waals surface area contributed by atoms with E-state index < -0.39 is 35.7 Å². The van der Waals surface area contributed by atoms with Gasteiger partial charge in [-0.3, -0.25) is 9.59 Å². The zero-order chi connectivity index (χ0) is 32.7. The maximum Gasteiger partial charge on any atom is 0.408 e. The van der Waals surface area contributed by atoms with Crippen LogP contribution < -0.4 is 10.6 Å². The van der Waals surface area contributed by atoms with Crippen LogP contribution >= 0.6 is 0 Å². The number of aryl methyl sites for hydroxylation is 1. The Balaban J connectivity index is 1.74. The third kappa shape index (κ3) is 8.85. The van der Waals surface area contributed by atoms with E-state index >= 15 is 0 Å². The highest BCUT2D eigenvalue weighted by molar-refractivity contribution is 6.00.